The van der Waals surface area contributed by atoms with Gasteiger partial charge in [-0.05, 0) is 74.0 Å². The van der Waals surface area contributed by atoms with Gasteiger partial charge in [0.2, 0.25) is 5.96 Å². The Morgan fingerprint density at radius 3 is 2.79 bits per heavy atom. The Hall–Kier alpha value is -2.73. The van der Waals surface area contributed by atoms with Crippen LogP contribution in [0.5, 0.6) is 0 Å². The Balaban J connectivity index is 1.31. The maximum absolute atomic E-state index is 4.62. The number of aliphatic imine (C=N–C) groups is 3. The third kappa shape index (κ3) is 8.24. The van der Waals surface area contributed by atoms with E-state index in [0.717, 1.165) is 45.6 Å². The summed E-state index contributed by atoms with van der Waals surface area (Å²) in [5.74, 6) is 0.617. The van der Waals surface area contributed by atoms with Crippen molar-refractivity contribution in [2.24, 2.45) is 20.4 Å². The Bertz CT molecular complexity index is 959. The van der Waals surface area contributed by atoms with Gasteiger partial charge in [-0.1, -0.05) is 56.3 Å². The van der Waals surface area contributed by atoms with E-state index >= 15 is 0 Å². The van der Waals surface area contributed by atoms with E-state index in [1.165, 1.54) is 35.7 Å². The van der Waals surface area contributed by atoms with E-state index in [9.17, 15) is 0 Å². The summed E-state index contributed by atoms with van der Waals surface area (Å²) >= 11 is 0. The molecule has 1 fully saturated rings. The molecule has 34 heavy (non-hydrogen) atoms. The number of likely N-dealkylation sites (tertiary alicyclic amines) is 1. The first-order valence-corrected chi connectivity index (χ1v) is 12.7. The summed E-state index contributed by atoms with van der Waals surface area (Å²) < 4.78 is 0. The molecule has 6 nitrogen and oxygen atoms in total. The van der Waals surface area contributed by atoms with Crippen LogP contribution in [0.15, 0.2) is 57.4 Å². The highest BCUT2D eigenvalue weighted by molar-refractivity contribution is 5.88. The topological polar surface area (TPSA) is 64.4 Å². The maximum Gasteiger partial charge on any atom is 0.217 e. The molecule has 0 amide bonds. The number of piperidine rings is 1. The molecule has 0 aliphatic carbocycles. The first-order chi connectivity index (χ1) is 16.5. The van der Waals surface area contributed by atoms with E-state index in [1.54, 1.807) is 0 Å². The summed E-state index contributed by atoms with van der Waals surface area (Å²) in [6, 6.07) is 15.0. The van der Waals surface area contributed by atoms with Gasteiger partial charge in [-0.15, -0.1) is 0 Å². The number of unbranched alkanes of at least 4 members (excludes halogenated alkanes) is 2. The van der Waals surface area contributed by atoms with Crippen LogP contribution in [0.3, 0.4) is 0 Å². The molecule has 1 atom stereocenters. The second-order valence-corrected chi connectivity index (χ2v) is 10.1. The van der Waals surface area contributed by atoms with Crippen LogP contribution in [-0.2, 0) is 0 Å². The van der Waals surface area contributed by atoms with Crippen molar-refractivity contribution < 1.29 is 0 Å². The lowest BCUT2D eigenvalue weighted by molar-refractivity contribution is 0.121. The molecule has 1 heterocycles. The van der Waals surface area contributed by atoms with Crippen molar-refractivity contribution >= 4 is 29.8 Å². The van der Waals surface area contributed by atoms with Crippen molar-refractivity contribution in [1.82, 2.24) is 15.5 Å². The largest absolute Gasteiger partial charge is 0.376 e. The minimum absolute atomic E-state index is 0.106. The monoisotopic (exact) mass is 462 g/mol. The molecule has 2 aromatic carbocycles. The van der Waals surface area contributed by atoms with Crippen LogP contribution in [0.4, 0.5) is 0 Å². The lowest BCUT2D eigenvalue weighted by atomic mass is 9.84. The third-order valence-corrected chi connectivity index (χ3v) is 6.47. The Morgan fingerprint density at radius 2 is 1.97 bits per heavy atom. The molecule has 1 saturated heterocycles. The predicted octanol–water partition coefficient (Wildman–Crippen LogP) is 5.41. The predicted molar refractivity (Wildman–Crippen MR) is 147 cm³/mol. The van der Waals surface area contributed by atoms with Gasteiger partial charge >= 0.3 is 0 Å². The molecule has 0 saturated carbocycles. The van der Waals surface area contributed by atoms with E-state index in [4.69, 9.17) is 0 Å². The first kappa shape index (κ1) is 25.9. The molecule has 0 bridgehead atoms. The van der Waals surface area contributed by atoms with Gasteiger partial charge in [0, 0.05) is 19.6 Å². The van der Waals surface area contributed by atoms with E-state index in [-0.39, 0.29) is 6.04 Å². The van der Waals surface area contributed by atoms with Crippen LogP contribution < -0.4 is 10.6 Å². The zero-order valence-corrected chi connectivity index (χ0v) is 21.3. The zero-order valence-electron chi connectivity index (χ0n) is 21.3. The van der Waals surface area contributed by atoms with Crippen LogP contribution in [0.25, 0.3) is 10.8 Å². The third-order valence-electron chi connectivity index (χ3n) is 6.47. The second kappa shape index (κ2) is 13.2. The summed E-state index contributed by atoms with van der Waals surface area (Å²) in [6.45, 7) is 15.3. The van der Waals surface area contributed by atoms with E-state index in [0.29, 0.717) is 11.4 Å². The van der Waals surface area contributed by atoms with Crippen LogP contribution in [0.2, 0.25) is 0 Å². The molecular formula is C28H42N6. The van der Waals surface area contributed by atoms with Crippen molar-refractivity contribution in [3.8, 4) is 0 Å². The Morgan fingerprint density at radius 1 is 1.15 bits per heavy atom. The molecule has 0 aromatic heterocycles. The molecule has 1 aliphatic rings. The highest BCUT2D eigenvalue weighted by Crippen LogP contribution is 2.28. The number of nitrogens with zero attached hydrogens (tertiary/aromatic N) is 4. The lowest BCUT2D eigenvalue weighted by Crippen LogP contribution is -2.40. The summed E-state index contributed by atoms with van der Waals surface area (Å²) in [4.78, 5) is 15.7. The molecule has 184 valence electrons. The Labute approximate surface area is 205 Å². The second-order valence-electron chi connectivity index (χ2n) is 10.1. The summed E-state index contributed by atoms with van der Waals surface area (Å²) in [5, 5.41) is 9.24. The fourth-order valence-corrected chi connectivity index (χ4v) is 4.69. The number of nitrogens with one attached hydrogen (secondary N) is 2. The smallest absolute Gasteiger partial charge is 0.217 e. The molecular weight excluding hydrogens is 420 g/mol. The first-order valence-electron chi connectivity index (χ1n) is 12.7. The van der Waals surface area contributed by atoms with Gasteiger partial charge < -0.3 is 10.6 Å². The van der Waals surface area contributed by atoms with Gasteiger partial charge in [0.15, 0.2) is 0 Å². The number of benzene rings is 2. The maximum atomic E-state index is 4.62. The van der Waals surface area contributed by atoms with Crippen molar-refractivity contribution in [3.63, 3.8) is 0 Å². The Kier molecular flexibility index (Phi) is 10.1. The van der Waals surface area contributed by atoms with Crippen molar-refractivity contribution in [2.45, 2.75) is 58.9 Å². The van der Waals surface area contributed by atoms with Crippen molar-refractivity contribution in [2.75, 3.05) is 32.8 Å². The van der Waals surface area contributed by atoms with Gasteiger partial charge in [-0.2, -0.15) is 0 Å². The van der Waals surface area contributed by atoms with Crippen LogP contribution in [0.1, 0.15) is 64.5 Å². The average molecular weight is 463 g/mol. The molecule has 3 rings (SSSR count). The lowest BCUT2D eigenvalue weighted by Gasteiger charge is -2.37. The number of fused-ring (bicyclic) bond motifs is 1. The van der Waals surface area contributed by atoms with E-state index in [2.05, 4.69) is 100 Å². The van der Waals surface area contributed by atoms with Crippen molar-refractivity contribution in [3.05, 3.63) is 48.0 Å². The standard InChI is InChI=1S/C28H42N6/c1-23(25-15-10-13-24-12-6-7-14-26(24)25)33-27(29-4)32-18-9-5-8-17-30-21-31-22-34-19-11-16-28(2,3)20-34/h6-7,10,12-15,21,23H,4-5,8-9,11,16-20,22H2,1-3H3,(H,30,31)(H,32,33). The van der Waals surface area contributed by atoms with Gasteiger partial charge in [-0.25, -0.2) is 4.99 Å². The minimum Gasteiger partial charge on any atom is -0.376 e. The quantitative estimate of drug-likeness (QED) is 0.266. The highest BCUT2D eigenvalue weighted by Gasteiger charge is 2.25. The number of hydrogen-bond acceptors (Lipinski definition) is 3. The summed E-state index contributed by atoms with van der Waals surface area (Å²) in [6.07, 6.45) is 7.73. The molecule has 1 unspecified atom stereocenters. The van der Waals surface area contributed by atoms with E-state index in [1.807, 2.05) is 6.34 Å². The number of hydrogen-bond donors (Lipinski definition) is 2. The van der Waals surface area contributed by atoms with Crippen LogP contribution in [-0.4, -0.2) is 56.8 Å². The van der Waals surface area contributed by atoms with Crippen LogP contribution >= 0.6 is 0 Å². The van der Waals surface area contributed by atoms with Gasteiger partial charge in [0.05, 0.1) is 19.0 Å². The van der Waals surface area contributed by atoms with Crippen molar-refractivity contribution in [1.29, 1.82) is 0 Å². The van der Waals surface area contributed by atoms with Gasteiger partial charge in [0.25, 0.3) is 0 Å². The summed E-state index contributed by atoms with van der Waals surface area (Å²) in [5.41, 5.74) is 1.67. The highest BCUT2D eigenvalue weighted by atomic mass is 15.2. The molecule has 1 aliphatic heterocycles. The molecule has 6 heteroatoms. The van der Waals surface area contributed by atoms with Crippen LogP contribution in [0, 0.1) is 5.41 Å². The fraction of sp³-hybridized carbons (Fsp3) is 0.536. The minimum atomic E-state index is 0.106. The number of rotatable bonds is 11. The normalized spacial score (nSPS) is 17.7. The molecule has 2 aromatic rings. The number of guanidine groups is 1. The van der Waals surface area contributed by atoms with Gasteiger partial charge in [0.1, 0.15) is 0 Å². The fourth-order valence-electron chi connectivity index (χ4n) is 4.69. The average Bonchev–Trinajstić information content (AvgIpc) is 2.83. The molecule has 2 N–H and O–H groups in total. The van der Waals surface area contributed by atoms with E-state index < -0.39 is 0 Å². The molecule has 0 spiro atoms. The SMILES string of the molecule is C=NC(=NCCCCCN/C=N/CN1CCCC(C)(C)C1)NC(C)c1cccc2ccccc12. The van der Waals surface area contributed by atoms with Gasteiger partial charge in [-0.3, -0.25) is 14.9 Å². The zero-order chi connectivity index (χ0) is 24.2. The molecule has 0 radical (unpaired) electrons. The summed E-state index contributed by atoms with van der Waals surface area (Å²) in [7, 11) is 0.